The molecule has 0 aliphatic carbocycles. The molecule has 4 aromatic rings. The Balaban J connectivity index is 1.61. The van der Waals surface area contributed by atoms with E-state index >= 15 is 0 Å². The Bertz CT molecular complexity index is 1370. The van der Waals surface area contributed by atoms with E-state index < -0.39 is 6.04 Å². The summed E-state index contributed by atoms with van der Waals surface area (Å²) >= 11 is 0. The lowest BCUT2D eigenvalue weighted by molar-refractivity contribution is 0.141. The summed E-state index contributed by atoms with van der Waals surface area (Å²) in [4.78, 5) is 18.7. The highest BCUT2D eigenvalue weighted by Crippen LogP contribution is 2.31. The molecule has 0 unspecified atom stereocenters. The van der Waals surface area contributed by atoms with Gasteiger partial charge in [-0.15, -0.1) is 5.10 Å². The summed E-state index contributed by atoms with van der Waals surface area (Å²) in [5.74, 6) is 1.55. The molecular formula is C26H29FN6O2. The van der Waals surface area contributed by atoms with Gasteiger partial charge < -0.3 is 9.72 Å². The van der Waals surface area contributed by atoms with Crippen molar-refractivity contribution in [2.45, 2.75) is 39.3 Å². The number of benzene rings is 2. The number of hydrogen-bond donors (Lipinski definition) is 1. The summed E-state index contributed by atoms with van der Waals surface area (Å²) in [6.45, 7) is 6.79. The van der Waals surface area contributed by atoms with Crippen molar-refractivity contribution in [1.29, 1.82) is 0 Å². The number of aromatic amines is 1. The Labute approximate surface area is 202 Å². The molecule has 3 heterocycles. The number of piperidine rings is 1. The molecule has 0 spiro atoms. The van der Waals surface area contributed by atoms with Crippen LogP contribution >= 0.6 is 0 Å². The number of ether oxygens (including phenoxy) is 1. The molecule has 0 saturated carbocycles. The van der Waals surface area contributed by atoms with Crippen LogP contribution in [0.25, 0.3) is 10.9 Å². The molecule has 1 fully saturated rings. The lowest BCUT2D eigenvalue weighted by atomic mass is 9.95. The molecule has 2 atom stereocenters. The maximum absolute atomic E-state index is 13.4. The summed E-state index contributed by atoms with van der Waals surface area (Å²) in [7, 11) is 0. The van der Waals surface area contributed by atoms with Gasteiger partial charge in [0.05, 0.1) is 13.2 Å². The van der Waals surface area contributed by atoms with Crippen LogP contribution in [0.3, 0.4) is 0 Å². The maximum atomic E-state index is 13.4. The summed E-state index contributed by atoms with van der Waals surface area (Å²) in [5, 5.41) is 13.5. The third-order valence-corrected chi connectivity index (χ3v) is 6.55. The van der Waals surface area contributed by atoms with E-state index in [0.717, 1.165) is 48.1 Å². The highest BCUT2D eigenvalue weighted by molar-refractivity contribution is 5.80. The number of aromatic nitrogens is 5. The number of tetrazole rings is 1. The van der Waals surface area contributed by atoms with Crippen molar-refractivity contribution in [2.75, 3.05) is 19.7 Å². The van der Waals surface area contributed by atoms with Crippen LogP contribution in [0.2, 0.25) is 0 Å². The molecule has 2 aromatic heterocycles. The number of halogens is 1. The molecule has 0 bridgehead atoms. The van der Waals surface area contributed by atoms with Gasteiger partial charge in [-0.1, -0.05) is 19.1 Å². The first-order valence-corrected chi connectivity index (χ1v) is 12.1. The number of pyridine rings is 1. The number of rotatable bonds is 7. The Morgan fingerprint density at radius 1 is 1.20 bits per heavy atom. The second kappa shape index (κ2) is 9.95. The topological polar surface area (TPSA) is 88.9 Å². The summed E-state index contributed by atoms with van der Waals surface area (Å²) < 4.78 is 20.8. The largest absolute Gasteiger partial charge is 0.494 e. The van der Waals surface area contributed by atoms with E-state index in [-0.39, 0.29) is 11.4 Å². The monoisotopic (exact) mass is 476 g/mol. The van der Waals surface area contributed by atoms with Gasteiger partial charge in [-0.3, -0.25) is 9.69 Å². The molecule has 1 saturated heterocycles. The first kappa shape index (κ1) is 23.2. The summed E-state index contributed by atoms with van der Waals surface area (Å²) in [5.41, 5.74) is 2.05. The molecule has 9 heteroatoms. The average molecular weight is 477 g/mol. The molecule has 1 aliphatic heterocycles. The van der Waals surface area contributed by atoms with Gasteiger partial charge in [-0.2, -0.15) is 0 Å². The van der Waals surface area contributed by atoms with Crippen LogP contribution < -0.4 is 10.3 Å². The van der Waals surface area contributed by atoms with Crippen LogP contribution in [-0.4, -0.2) is 49.8 Å². The van der Waals surface area contributed by atoms with Crippen molar-refractivity contribution >= 4 is 10.9 Å². The molecule has 8 nitrogen and oxygen atoms in total. The molecule has 0 amide bonds. The Kier molecular flexibility index (Phi) is 6.59. The first-order chi connectivity index (χ1) is 17.0. The predicted octanol–water partition coefficient (Wildman–Crippen LogP) is 3.92. The molecule has 1 N–H and O–H groups in total. The Morgan fingerprint density at radius 3 is 2.80 bits per heavy atom. The zero-order chi connectivity index (χ0) is 24.4. The van der Waals surface area contributed by atoms with Gasteiger partial charge >= 0.3 is 0 Å². The first-order valence-electron chi connectivity index (χ1n) is 12.1. The second-order valence-corrected chi connectivity index (χ2v) is 9.20. The van der Waals surface area contributed by atoms with Crippen LogP contribution in [0.1, 0.15) is 49.7 Å². The van der Waals surface area contributed by atoms with E-state index in [2.05, 4.69) is 32.3 Å². The lowest BCUT2D eigenvalue weighted by Crippen LogP contribution is -2.41. The molecule has 0 radical (unpaired) electrons. The van der Waals surface area contributed by atoms with E-state index in [1.54, 1.807) is 16.8 Å². The number of hydrogen-bond acceptors (Lipinski definition) is 6. The standard InChI is InChI=1S/C26H29FN6O2/c1-3-35-21-10-11-23-19(13-21)14-22(26(34)28-23)24(32-12-4-5-17(2)15-32)25-29-30-31-33(25)16-18-6-8-20(27)9-7-18/h6-11,13-14,17,24H,3-5,12,15-16H2,1-2H3,(H,28,34)/t17-,24-/m0/s1. The Hall–Kier alpha value is -3.59. The van der Waals surface area contributed by atoms with Crippen molar-refractivity contribution in [3.8, 4) is 5.75 Å². The normalized spacial score (nSPS) is 17.5. The minimum Gasteiger partial charge on any atom is -0.494 e. The number of nitrogens with zero attached hydrogens (tertiary/aromatic N) is 5. The van der Waals surface area contributed by atoms with E-state index in [9.17, 15) is 9.18 Å². The Morgan fingerprint density at radius 2 is 2.03 bits per heavy atom. The fourth-order valence-corrected chi connectivity index (χ4v) is 4.90. The second-order valence-electron chi connectivity index (χ2n) is 9.20. The number of nitrogens with one attached hydrogen (secondary N) is 1. The zero-order valence-corrected chi connectivity index (χ0v) is 19.9. The number of H-pyrrole nitrogens is 1. The van der Waals surface area contributed by atoms with Gasteiger partial charge in [0.1, 0.15) is 17.6 Å². The quantitative estimate of drug-likeness (QED) is 0.435. The SMILES string of the molecule is CCOc1ccc2[nH]c(=O)c([C@@H](c3nnnn3Cc3ccc(F)cc3)N3CCC[C@H](C)C3)cc2c1. The molecule has 182 valence electrons. The zero-order valence-electron chi connectivity index (χ0n) is 19.9. The maximum Gasteiger partial charge on any atom is 0.253 e. The van der Waals surface area contributed by atoms with Crippen LogP contribution in [-0.2, 0) is 6.54 Å². The molecule has 5 rings (SSSR count). The van der Waals surface area contributed by atoms with Gasteiger partial charge in [-0.05, 0) is 84.6 Å². The van der Waals surface area contributed by atoms with Crippen molar-refractivity contribution in [3.05, 3.63) is 81.7 Å². The van der Waals surface area contributed by atoms with Gasteiger partial charge in [-0.25, -0.2) is 9.07 Å². The van der Waals surface area contributed by atoms with Crippen LogP contribution in [0, 0.1) is 11.7 Å². The molecular weight excluding hydrogens is 447 g/mol. The summed E-state index contributed by atoms with van der Waals surface area (Å²) in [6, 6.07) is 13.5. The van der Waals surface area contributed by atoms with Crippen LogP contribution in [0.15, 0.2) is 53.3 Å². The van der Waals surface area contributed by atoms with E-state index in [0.29, 0.717) is 30.5 Å². The molecule has 35 heavy (non-hydrogen) atoms. The van der Waals surface area contributed by atoms with Crippen molar-refractivity contribution in [2.24, 2.45) is 5.92 Å². The summed E-state index contributed by atoms with van der Waals surface area (Å²) in [6.07, 6.45) is 2.19. The van der Waals surface area contributed by atoms with Crippen molar-refractivity contribution < 1.29 is 9.13 Å². The van der Waals surface area contributed by atoms with Crippen LogP contribution in [0.4, 0.5) is 4.39 Å². The third kappa shape index (κ3) is 4.95. The van der Waals surface area contributed by atoms with E-state index in [1.807, 2.05) is 31.2 Å². The van der Waals surface area contributed by atoms with Gasteiger partial charge in [0.15, 0.2) is 5.82 Å². The predicted molar refractivity (Wildman–Crippen MR) is 131 cm³/mol. The van der Waals surface area contributed by atoms with E-state index in [4.69, 9.17) is 4.74 Å². The van der Waals surface area contributed by atoms with Gasteiger partial charge in [0.25, 0.3) is 5.56 Å². The highest BCUT2D eigenvalue weighted by Gasteiger charge is 2.32. The smallest absolute Gasteiger partial charge is 0.253 e. The molecule has 2 aromatic carbocycles. The fraction of sp³-hybridized carbons (Fsp3) is 0.385. The van der Waals surface area contributed by atoms with Crippen molar-refractivity contribution in [3.63, 3.8) is 0 Å². The van der Waals surface area contributed by atoms with Gasteiger partial charge in [0.2, 0.25) is 0 Å². The van der Waals surface area contributed by atoms with Crippen LogP contribution in [0.5, 0.6) is 5.75 Å². The third-order valence-electron chi connectivity index (χ3n) is 6.55. The highest BCUT2D eigenvalue weighted by atomic mass is 19.1. The average Bonchev–Trinajstić information content (AvgIpc) is 3.29. The van der Waals surface area contributed by atoms with Crippen molar-refractivity contribution in [1.82, 2.24) is 30.1 Å². The van der Waals surface area contributed by atoms with E-state index in [1.165, 1.54) is 12.1 Å². The molecule has 1 aliphatic rings. The number of fused-ring (bicyclic) bond motifs is 1. The number of likely N-dealkylation sites (tertiary alicyclic amines) is 1. The fourth-order valence-electron chi connectivity index (χ4n) is 4.90. The minimum atomic E-state index is -0.419. The minimum absolute atomic E-state index is 0.166. The van der Waals surface area contributed by atoms with Gasteiger partial charge in [0, 0.05) is 23.0 Å². The lowest BCUT2D eigenvalue weighted by Gasteiger charge is -2.36.